The molecular formula is C8H14N2O2. The van der Waals surface area contributed by atoms with Crippen LogP contribution < -0.4 is 5.73 Å². The molecule has 0 atom stereocenters. The Morgan fingerprint density at radius 1 is 1.58 bits per heavy atom. The molecule has 0 aromatic carbocycles. The zero-order valence-electron chi connectivity index (χ0n) is 7.46. The van der Waals surface area contributed by atoms with Crippen LogP contribution in [0, 0.1) is 0 Å². The highest BCUT2D eigenvalue weighted by molar-refractivity contribution is 5.40. The van der Waals surface area contributed by atoms with E-state index < -0.39 is 0 Å². The van der Waals surface area contributed by atoms with E-state index in [0.717, 1.165) is 24.2 Å². The van der Waals surface area contributed by atoms with Crippen LogP contribution in [0.25, 0.3) is 0 Å². The summed E-state index contributed by atoms with van der Waals surface area (Å²) in [5, 5.41) is 3.69. The number of nitrogen functional groups attached to an aromatic ring is 1. The lowest BCUT2D eigenvalue weighted by Gasteiger charge is -1.97. The maximum absolute atomic E-state index is 5.58. The van der Waals surface area contributed by atoms with E-state index in [4.69, 9.17) is 15.0 Å². The van der Waals surface area contributed by atoms with E-state index in [9.17, 15) is 0 Å². The Labute approximate surface area is 71.7 Å². The van der Waals surface area contributed by atoms with Gasteiger partial charge < -0.3 is 15.0 Å². The van der Waals surface area contributed by atoms with Gasteiger partial charge in [0, 0.05) is 19.1 Å². The third-order valence-corrected chi connectivity index (χ3v) is 1.79. The molecule has 0 fully saturated rings. The average Bonchev–Trinajstić information content (AvgIpc) is 2.43. The smallest absolute Gasteiger partial charge is 0.170 e. The Kier molecular flexibility index (Phi) is 3.10. The van der Waals surface area contributed by atoms with Crippen LogP contribution in [0.3, 0.4) is 0 Å². The monoisotopic (exact) mass is 170 g/mol. The molecule has 0 bridgehead atoms. The predicted molar refractivity (Wildman–Crippen MR) is 45.9 cm³/mol. The Morgan fingerprint density at radius 2 is 2.33 bits per heavy atom. The second-order valence-corrected chi connectivity index (χ2v) is 2.57. The van der Waals surface area contributed by atoms with Crippen molar-refractivity contribution in [3.8, 4) is 0 Å². The molecule has 0 aliphatic carbocycles. The van der Waals surface area contributed by atoms with E-state index in [-0.39, 0.29) is 0 Å². The maximum atomic E-state index is 5.58. The van der Waals surface area contributed by atoms with E-state index in [2.05, 4.69) is 5.16 Å². The number of methoxy groups -OCH3 is 1. The first-order valence-electron chi connectivity index (χ1n) is 4.01. The molecule has 0 unspecified atom stereocenters. The summed E-state index contributed by atoms with van der Waals surface area (Å²) in [6.07, 6.45) is 1.60. The van der Waals surface area contributed by atoms with Crippen molar-refractivity contribution in [1.29, 1.82) is 0 Å². The van der Waals surface area contributed by atoms with Gasteiger partial charge in [0.05, 0.1) is 6.61 Å². The van der Waals surface area contributed by atoms with Crippen molar-refractivity contribution >= 4 is 5.82 Å². The number of anilines is 1. The number of hydrogen-bond acceptors (Lipinski definition) is 4. The zero-order valence-corrected chi connectivity index (χ0v) is 7.46. The fourth-order valence-electron chi connectivity index (χ4n) is 1.13. The molecule has 0 aliphatic rings. The Bertz CT molecular complexity index is 245. The summed E-state index contributed by atoms with van der Waals surface area (Å²) in [5.41, 5.74) is 6.58. The molecule has 0 spiro atoms. The molecule has 0 aliphatic heterocycles. The molecule has 68 valence electrons. The highest BCUT2D eigenvalue weighted by Gasteiger charge is 2.10. The number of nitrogens with zero attached hydrogens (tertiary/aromatic N) is 1. The predicted octanol–water partition coefficient (Wildman–Crippen LogP) is 1.01. The van der Waals surface area contributed by atoms with Crippen molar-refractivity contribution in [1.82, 2.24) is 5.16 Å². The summed E-state index contributed by atoms with van der Waals surface area (Å²) in [6, 6.07) is 0. The van der Waals surface area contributed by atoms with Gasteiger partial charge in [0.25, 0.3) is 0 Å². The fourth-order valence-corrected chi connectivity index (χ4v) is 1.13. The van der Waals surface area contributed by atoms with E-state index in [0.29, 0.717) is 12.4 Å². The van der Waals surface area contributed by atoms with Gasteiger partial charge in [-0.1, -0.05) is 12.1 Å². The van der Waals surface area contributed by atoms with Gasteiger partial charge in [-0.2, -0.15) is 0 Å². The topological polar surface area (TPSA) is 61.3 Å². The van der Waals surface area contributed by atoms with Crippen molar-refractivity contribution in [2.75, 3.05) is 19.5 Å². The number of rotatable bonds is 4. The van der Waals surface area contributed by atoms with Crippen LogP contribution in [0.5, 0.6) is 0 Å². The summed E-state index contributed by atoms with van der Waals surface area (Å²) in [7, 11) is 1.66. The van der Waals surface area contributed by atoms with Gasteiger partial charge in [-0.25, -0.2) is 0 Å². The van der Waals surface area contributed by atoms with Crippen molar-refractivity contribution in [3.63, 3.8) is 0 Å². The molecule has 1 aromatic heterocycles. The Hall–Kier alpha value is -1.03. The van der Waals surface area contributed by atoms with Crippen LogP contribution in [0.2, 0.25) is 0 Å². The lowest BCUT2D eigenvalue weighted by atomic mass is 10.1. The highest BCUT2D eigenvalue weighted by Crippen LogP contribution is 2.16. The molecule has 0 radical (unpaired) electrons. The minimum Gasteiger partial charge on any atom is -0.384 e. The van der Waals surface area contributed by atoms with Crippen LogP contribution in [0.1, 0.15) is 18.2 Å². The second kappa shape index (κ2) is 4.11. The van der Waals surface area contributed by atoms with Crippen molar-refractivity contribution in [2.45, 2.75) is 19.8 Å². The molecule has 0 saturated carbocycles. The largest absolute Gasteiger partial charge is 0.384 e. The van der Waals surface area contributed by atoms with Gasteiger partial charge in [-0.15, -0.1) is 0 Å². The SMILES string of the molecule is CCc1c(N)noc1CCOC. The van der Waals surface area contributed by atoms with Crippen LogP contribution in [-0.4, -0.2) is 18.9 Å². The minimum atomic E-state index is 0.503. The zero-order chi connectivity index (χ0) is 8.97. The molecule has 1 rings (SSSR count). The van der Waals surface area contributed by atoms with Crippen molar-refractivity contribution < 1.29 is 9.26 Å². The van der Waals surface area contributed by atoms with Gasteiger partial charge in [0.1, 0.15) is 5.76 Å². The van der Waals surface area contributed by atoms with Gasteiger partial charge in [0.15, 0.2) is 5.82 Å². The molecule has 4 heteroatoms. The first-order valence-corrected chi connectivity index (χ1v) is 4.01. The summed E-state index contributed by atoms with van der Waals surface area (Å²) >= 11 is 0. The van der Waals surface area contributed by atoms with E-state index in [1.807, 2.05) is 6.92 Å². The molecule has 12 heavy (non-hydrogen) atoms. The average molecular weight is 170 g/mol. The van der Waals surface area contributed by atoms with E-state index in [1.165, 1.54) is 0 Å². The van der Waals surface area contributed by atoms with Gasteiger partial charge >= 0.3 is 0 Å². The van der Waals surface area contributed by atoms with Crippen LogP contribution >= 0.6 is 0 Å². The van der Waals surface area contributed by atoms with Crippen LogP contribution in [-0.2, 0) is 17.6 Å². The Balaban J connectivity index is 2.70. The van der Waals surface area contributed by atoms with Crippen LogP contribution in [0.15, 0.2) is 4.52 Å². The summed E-state index contributed by atoms with van der Waals surface area (Å²) in [5.74, 6) is 1.35. The lowest BCUT2D eigenvalue weighted by molar-refractivity contribution is 0.193. The van der Waals surface area contributed by atoms with Gasteiger partial charge in [0.2, 0.25) is 0 Å². The molecule has 1 aromatic rings. The number of nitrogens with two attached hydrogens (primary N) is 1. The van der Waals surface area contributed by atoms with E-state index in [1.54, 1.807) is 7.11 Å². The fraction of sp³-hybridized carbons (Fsp3) is 0.625. The molecule has 2 N–H and O–H groups in total. The quantitative estimate of drug-likeness (QED) is 0.732. The summed E-state index contributed by atoms with van der Waals surface area (Å²) in [4.78, 5) is 0. The summed E-state index contributed by atoms with van der Waals surface area (Å²) < 4.78 is 9.96. The van der Waals surface area contributed by atoms with Crippen molar-refractivity contribution in [2.24, 2.45) is 0 Å². The molecule has 0 saturated heterocycles. The lowest BCUT2D eigenvalue weighted by Crippen LogP contribution is -1.97. The minimum absolute atomic E-state index is 0.503. The van der Waals surface area contributed by atoms with Crippen LogP contribution in [0.4, 0.5) is 5.82 Å². The molecular weight excluding hydrogens is 156 g/mol. The first kappa shape index (κ1) is 9.06. The third kappa shape index (κ3) is 1.76. The molecule has 0 amide bonds. The molecule has 4 nitrogen and oxygen atoms in total. The number of aromatic nitrogens is 1. The third-order valence-electron chi connectivity index (χ3n) is 1.79. The summed E-state index contributed by atoms with van der Waals surface area (Å²) in [6.45, 7) is 2.67. The standard InChI is InChI=1S/C8H14N2O2/c1-3-6-7(4-5-11-2)12-10-8(6)9/h3-5H2,1-2H3,(H2,9,10). The number of ether oxygens (including phenoxy) is 1. The number of hydrogen-bond donors (Lipinski definition) is 1. The van der Waals surface area contributed by atoms with Gasteiger partial charge in [-0.3, -0.25) is 0 Å². The first-order chi connectivity index (χ1) is 5.79. The molecule has 1 heterocycles. The second-order valence-electron chi connectivity index (χ2n) is 2.57. The Morgan fingerprint density at radius 3 is 2.92 bits per heavy atom. The van der Waals surface area contributed by atoms with Gasteiger partial charge in [-0.05, 0) is 6.42 Å². The normalized spacial score (nSPS) is 10.5. The van der Waals surface area contributed by atoms with Crippen molar-refractivity contribution in [3.05, 3.63) is 11.3 Å². The highest BCUT2D eigenvalue weighted by atomic mass is 16.5. The van der Waals surface area contributed by atoms with E-state index >= 15 is 0 Å². The maximum Gasteiger partial charge on any atom is 0.170 e.